The molecule has 0 spiro atoms. The molecule has 0 unspecified atom stereocenters. The monoisotopic (exact) mass is 207 g/mol. The molecule has 1 nitrogen and oxygen atoms in total. The van der Waals surface area contributed by atoms with Gasteiger partial charge in [0.05, 0.1) is 0 Å². The van der Waals surface area contributed by atoms with Gasteiger partial charge >= 0.3 is 0 Å². The maximum absolute atomic E-state index is 4.21. The van der Waals surface area contributed by atoms with Gasteiger partial charge in [0, 0.05) is 0 Å². The number of hydrogen-bond donors (Lipinski definition) is 0. The minimum Gasteiger partial charge on any atom is -0.306 e. The van der Waals surface area contributed by atoms with Gasteiger partial charge in [0.1, 0.15) is 0 Å². The first-order valence-electron chi connectivity index (χ1n) is 5.95. The molecule has 0 aromatic rings. The summed E-state index contributed by atoms with van der Waals surface area (Å²) in [6.45, 7) is 15.0. The van der Waals surface area contributed by atoms with Gasteiger partial charge in [-0.3, -0.25) is 0 Å². The van der Waals surface area contributed by atoms with Gasteiger partial charge < -0.3 is 4.90 Å². The predicted octanol–water partition coefficient (Wildman–Crippen LogP) is 3.63. The zero-order chi connectivity index (χ0) is 11.5. The number of rotatable bonds is 4. The summed E-state index contributed by atoms with van der Waals surface area (Å²) in [5, 5.41) is 0. The van der Waals surface area contributed by atoms with Crippen molar-refractivity contribution in [3.8, 4) is 0 Å². The van der Waals surface area contributed by atoms with E-state index in [1.165, 1.54) is 43.5 Å². The molecule has 0 radical (unpaired) electrons. The zero-order valence-electron chi connectivity index (χ0n) is 10.6. The number of hydrogen-bond acceptors (Lipinski definition) is 1. The van der Waals surface area contributed by atoms with Gasteiger partial charge in [-0.25, -0.2) is 0 Å². The molecule has 15 heavy (non-hydrogen) atoms. The molecule has 0 aromatic heterocycles. The molecular formula is C14H25N. The lowest BCUT2D eigenvalue weighted by molar-refractivity contribution is 0.146. The molecule has 86 valence electrons. The molecule has 1 rings (SSSR count). The third-order valence-electron chi connectivity index (χ3n) is 3.88. The average Bonchev–Trinajstić information content (AvgIpc) is 2.17. The zero-order valence-corrected chi connectivity index (χ0v) is 10.6. The molecule has 0 amide bonds. The Labute approximate surface area is 94.9 Å². The molecule has 1 heterocycles. The van der Waals surface area contributed by atoms with Crippen LogP contribution in [0.5, 0.6) is 0 Å². The molecule has 0 atom stereocenters. The van der Waals surface area contributed by atoms with E-state index >= 15 is 0 Å². The average molecular weight is 207 g/mol. The second-order valence-electron chi connectivity index (χ2n) is 5.32. The van der Waals surface area contributed by atoms with Crippen LogP contribution < -0.4 is 0 Å². The molecule has 1 heteroatoms. The number of allylic oxidation sites excluding steroid dienone is 2. The molecule has 1 aliphatic heterocycles. The first-order chi connectivity index (χ1) is 6.96. The van der Waals surface area contributed by atoms with Gasteiger partial charge in [0.15, 0.2) is 0 Å². The van der Waals surface area contributed by atoms with E-state index in [-0.39, 0.29) is 0 Å². The van der Waals surface area contributed by atoms with Crippen molar-refractivity contribution < 1.29 is 0 Å². The molecule has 0 saturated carbocycles. The third-order valence-corrected chi connectivity index (χ3v) is 3.88. The number of likely N-dealkylation sites (tertiary alicyclic amines) is 1. The topological polar surface area (TPSA) is 3.24 Å². The van der Waals surface area contributed by atoms with Crippen LogP contribution in [0.2, 0.25) is 0 Å². The second kappa shape index (κ2) is 4.98. The van der Waals surface area contributed by atoms with Crippen molar-refractivity contribution in [2.75, 3.05) is 20.1 Å². The van der Waals surface area contributed by atoms with Crippen molar-refractivity contribution in [1.29, 1.82) is 0 Å². The van der Waals surface area contributed by atoms with Crippen molar-refractivity contribution in [2.45, 2.75) is 39.5 Å². The summed E-state index contributed by atoms with van der Waals surface area (Å²) in [7, 11) is 2.21. The standard InChI is InChI=1S/C14H25N/c1-12(2)6-7-14(13(3)4)8-10-15(5)11-9-14/h1,3,6-11H2,2,4-5H3. The van der Waals surface area contributed by atoms with E-state index in [9.17, 15) is 0 Å². The van der Waals surface area contributed by atoms with Crippen molar-refractivity contribution in [1.82, 2.24) is 4.90 Å². The highest BCUT2D eigenvalue weighted by Crippen LogP contribution is 2.42. The van der Waals surface area contributed by atoms with Crippen molar-refractivity contribution in [2.24, 2.45) is 5.41 Å². The lowest BCUT2D eigenvalue weighted by Crippen LogP contribution is -2.38. The first-order valence-corrected chi connectivity index (χ1v) is 5.95. The van der Waals surface area contributed by atoms with Crippen LogP contribution in [-0.4, -0.2) is 25.0 Å². The van der Waals surface area contributed by atoms with E-state index in [2.05, 4.69) is 39.0 Å². The van der Waals surface area contributed by atoms with Crippen LogP contribution >= 0.6 is 0 Å². The smallest absolute Gasteiger partial charge is 0.00134 e. The quantitative estimate of drug-likeness (QED) is 0.636. The number of nitrogens with zero attached hydrogens (tertiary/aromatic N) is 1. The summed E-state index contributed by atoms with van der Waals surface area (Å²) in [5.41, 5.74) is 3.07. The fraction of sp³-hybridized carbons (Fsp3) is 0.714. The summed E-state index contributed by atoms with van der Waals surface area (Å²) < 4.78 is 0. The van der Waals surface area contributed by atoms with Crippen molar-refractivity contribution in [3.05, 3.63) is 24.3 Å². The normalized spacial score (nSPS) is 21.3. The summed E-state index contributed by atoms with van der Waals surface area (Å²) in [6, 6.07) is 0. The Hall–Kier alpha value is -0.560. The Bertz CT molecular complexity index is 244. The van der Waals surface area contributed by atoms with E-state index < -0.39 is 0 Å². The minimum absolute atomic E-state index is 0.394. The molecule has 1 aliphatic rings. The van der Waals surface area contributed by atoms with E-state index in [1.807, 2.05) is 0 Å². The predicted molar refractivity (Wildman–Crippen MR) is 68.0 cm³/mol. The fourth-order valence-electron chi connectivity index (χ4n) is 2.39. The summed E-state index contributed by atoms with van der Waals surface area (Å²) in [4.78, 5) is 2.42. The van der Waals surface area contributed by atoms with Crippen LogP contribution in [0.4, 0.5) is 0 Å². The van der Waals surface area contributed by atoms with Crippen LogP contribution in [0.1, 0.15) is 39.5 Å². The first kappa shape index (κ1) is 12.5. The third kappa shape index (κ3) is 3.20. The highest BCUT2D eigenvalue weighted by molar-refractivity contribution is 5.10. The SMILES string of the molecule is C=C(C)CCC1(C(=C)C)CCN(C)CC1. The largest absolute Gasteiger partial charge is 0.306 e. The van der Waals surface area contributed by atoms with Crippen molar-refractivity contribution in [3.63, 3.8) is 0 Å². The van der Waals surface area contributed by atoms with E-state index in [0.29, 0.717) is 5.41 Å². The Morgan fingerprint density at radius 1 is 1.20 bits per heavy atom. The summed E-state index contributed by atoms with van der Waals surface area (Å²) in [5.74, 6) is 0. The maximum Gasteiger partial charge on any atom is -0.00134 e. The van der Waals surface area contributed by atoms with Gasteiger partial charge in [0.25, 0.3) is 0 Å². The number of piperidine rings is 1. The molecule has 1 saturated heterocycles. The Kier molecular flexibility index (Phi) is 4.15. The van der Waals surface area contributed by atoms with E-state index in [0.717, 1.165) is 6.42 Å². The Morgan fingerprint density at radius 3 is 2.13 bits per heavy atom. The second-order valence-corrected chi connectivity index (χ2v) is 5.32. The van der Waals surface area contributed by atoms with Crippen LogP contribution in [0.15, 0.2) is 24.3 Å². The van der Waals surface area contributed by atoms with E-state index in [1.54, 1.807) is 0 Å². The molecule has 0 N–H and O–H groups in total. The highest BCUT2D eigenvalue weighted by Gasteiger charge is 2.33. The van der Waals surface area contributed by atoms with Crippen LogP contribution in [-0.2, 0) is 0 Å². The molecule has 0 aromatic carbocycles. The van der Waals surface area contributed by atoms with Gasteiger partial charge in [0.2, 0.25) is 0 Å². The molecule has 0 aliphatic carbocycles. The lowest BCUT2D eigenvalue weighted by Gasteiger charge is -2.41. The molecule has 1 fully saturated rings. The van der Waals surface area contributed by atoms with Crippen molar-refractivity contribution >= 4 is 0 Å². The highest BCUT2D eigenvalue weighted by atomic mass is 15.1. The van der Waals surface area contributed by atoms with Gasteiger partial charge in [-0.15, -0.1) is 6.58 Å². The summed E-state index contributed by atoms with van der Waals surface area (Å²) >= 11 is 0. The lowest BCUT2D eigenvalue weighted by atomic mass is 9.70. The molecule has 0 bridgehead atoms. The van der Waals surface area contributed by atoms with E-state index in [4.69, 9.17) is 0 Å². The van der Waals surface area contributed by atoms with Gasteiger partial charge in [-0.05, 0) is 65.1 Å². The molecular weight excluding hydrogens is 182 g/mol. The van der Waals surface area contributed by atoms with Gasteiger partial charge in [-0.2, -0.15) is 0 Å². The Morgan fingerprint density at radius 2 is 1.73 bits per heavy atom. The van der Waals surface area contributed by atoms with Crippen LogP contribution in [0, 0.1) is 5.41 Å². The van der Waals surface area contributed by atoms with Crippen LogP contribution in [0.25, 0.3) is 0 Å². The minimum atomic E-state index is 0.394. The van der Waals surface area contributed by atoms with Gasteiger partial charge in [-0.1, -0.05) is 17.7 Å². The maximum atomic E-state index is 4.21. The summed E-state index contributed by atoms with van der Waals surface area (Å²) in [6.07, 6.45) is 4.93. The van der Waals surface area contributed by atoms with Crippen LogP contribution in [0.3, 0.4) is 0 Å². The fourth-order valence-corrected chi connectivity index (χ4v) is 2.39. The Balaban J connectivity index is 2.63.